The van der Waals surface area contributed by atoms with E-state index in [0.717, 1.165) is 9.87 Å². The maximum Gasteiger partial charge on any atom is 0.243 e. The maximum absolute atomic E-state index is 13.3. The van der Waals surface area contributed by atoms with E-state index in [-0.39, 0.29) is 22.9 Å². The minimum atomic E-state index is -4.03. The van der Waals surface area contributed by atoms with Gasteiger partial charge < -0.3 is 5.32 Å². The highest BCUT2D eigenvalue weighted by Crippen LogP contribution is 2.19. The van der Waals surface area contributed by atoms with Crippen LogP contribution in [0.5, 0.6) is 0 Å². The quantitative estimate of drug-likeness (QED) is 0.461. The highest BCUT2D eigenvalue weighted by molar-refractivity contribution is 7.89. The Hall–Kier alpha value is -3.12. The van der Waals surface area contributed by atoms with Gasteiger partial charge in [-0.2, -0.15) is 4.31 Å². The molecule has 1 amide bonds. The van der Waals surface area contributed by atoms with Gasteiger partial charge in [0.2, 0.25) is 26.0 Å². The van der Waals surface area contributed by atoms with Crippen molar-refractivity contribution in [3.63, 3.8) is 0 Å². The number of amides is 1. The van der Waals surface area contributed by atoms with E-state index in [2.05, 4.69) is 5.32 Å². The molecule has 0 aliphatic carbocycles. The van der Waals surface area contributed by atoms with E-state index in [1.54, 1.807) is 12.1 Å². The summed E-state index contributed by atoms with van der Waals surface area (Å²) in [5.74, 6) is -1.02. The lowest BCUT2D eigenvalue weighted by Gasteiger charge is -2.22. The van der Waals surface area contributed by atoms with Crippen molar-refractivity contribution in [3.05, 3.63) is 95.3 Å². The summed E-state index contributed by atoms with van der Waals surface area (Å²) in [6.07, 6.45) is 0. The van der Waals surface area contributed by atoms with Gasteiger partial charge in [0.1, 0.15) is 5.82 Å². The van der Waals surface area contributed by atoms with Gasteiger partial charge in [0.15, 0.2) is 0 Å². The van der Waals surface area contributed by atoms with Gasteiger partial charge in [-0.25, -0.2) is 26.4 Å². The van der Waals surface area contributed by atoms with E-state index < -0.39 is 38.3 Å². The summed E-state index contributed by atoms with van der Waals surface area (Å²) < 4.78 is 63.5. The Morgan fingerprint density at radius 1 is 0.853 bits per heavy atom. The Bertz CT molecular complexity index is 1360. The molecule has 0 bridgehead atoms. The number of nitrogens with one attached hydrogen (secondary N) is 1. The van der Waals surface area contributed by atoms with Crippen LogP contribution < -0.4 is 10.5 Å². The van der Waals surface area contributed by atoms with Crippen LogP contribution in [0.3, 0.4) is 0 Å². The third-order valence-corrected chi connectivity index (χ3v) is 7.73. The third kappa shape index (κ3) is 6.70. The number of primary sulfonamides is 1. The SMILES string of the molecule is Cc1ccc(S(=O)(=O)N(CC(=O)NCc2ccc(S(N)(=O)=O)cc2)Cc2ccc(F)cc2)cc1. The van der Waals surface area contributed by atoms with Crippen LogP contribution in [0.15, 0.2) is 82.6 Å². The monoisotopic (exact) mass is 505 g/mol. The number of halogens is 1. The normalized spacial score (nSPS) is 12.0. The van der Waals surface area contributed by atoms with E-state index in [9.17, 15) is 26.0 Å². The molecule has 0 radical (unpaired) electrons. The molecule has 0 saturated carbocycles. The molecule has 0 unspecified atom stereocenters. The second-order valence-electron chi connectivity index (χ2n) is 7.68. The molecule has 0 aliphatic heterocycles. The molecular weight excluding hydrogens is 481 g/mol. The lowest BCUT2D eigenvalue weighted by molar-refractivity contribution is -0.121. The van der Waals surface area contributed by atoms with Gasteiger partial charge in [0.05, 0.1) is 16.3 Å². The first kappa shape index (κ1) is 25.5. The summed E-state index contributed by atoms with van der Waals surface area (Å²) in [5.41, 5.74) is 2.01. The summed E-state index contributed by atoms with van der Waals surface area (Å²) in [6.45, 7) is 1.28. The molecule has 0 atom stereocenters. The van der Waals surface area contributed by atoms with E-state index >= 15 is 0 Å². The van der Waals surface area contributed by atoms with Gasteiger partial charge in [-0.3, -0.25) is 4.79 Å². The Labute approximate surface area is 198 Å². The summed E-state index contributed by atoms with van der Waals surface area (Å²) in [5, 5.41) is 7.70. The van der Waals surface area contributed by atoms with Crippen LogP contribution in [-0.4, -0.2) is 33.6 Å². The molecule has 34 heavy (non-hydrogen) atoms. The van der Waals surface area contributed by atoms with Crippen LogP contribution >= 0.6 is 0 Å². The molecule has 3 aromatic rings. The molecule has 3 N–H and O–H groups in total. The maximum atomic E-state index is 13.3. The lowest BCUT2D eigenvalue weighted by atomic mass is 10.2. The van der Waals surface area contributed by atoms with Gasteiger partial charge in [-0.15, -0.1) is 0 Å². The standard InChI is InChI=1S/C23H24FN3O5S2/c1-17-2-10-22(11-3-17)34(31,32)27(15-19-4-8-20(24)9-5-19)16-23(28)26-14-18-6-12-21(13-7-18)33(25,29)30/h2-13H,14-16H2,1H3,(H,26,28)(H2,25,29,30). The molecular formula is C23H24FN3O5S2. The fourth-order valence-corrected chi connectivity index (χ4v) is 4.99. The summed E-state index contributed by atoms with van der Waals surface area (Å²) in [7, 11) is -7.86. The average molecular weight is 506 g/mol. The first-order valence-corrected chi connectivity index (χ1v) is 13.1. The zero-order valence-corrected chi connectivity index (χ0v) is 19.9. The fourth-order valence-electron chi connectivity index (χ4n) is 3.09. The Kier molecular flexibility index (Phi) is 7.82. The predicted octanol–water partition coefficient (Wildman–Crippen LogP) is 2.29. The van der Waals surface area contributed by atoms with Crippen LogP contribution in [-0.2, 0) is 37.9 Å². The average Bonchev–Trinajstić information content (AvgIpc) is 2.78. The van der Waals surface area contributed by atoms with Crippen molar-refractivity contribution in [1.82, 2.24) is 9.62 Å². The smallest absolute Gasteiger partial charge is 0.243 e. The van der Waals surface area contributed by atoms with E-state index in [4.69, 9.17) is 5.14 Å². The largest absolute Gasteiger partial charge is 0.351 e. The molecule has 0 aliphatic rings. The molecule has 0 spiro atoms. The fraction of sp³-hybridized carbons (Fsp3) is 0.174. The summed E-state index contributed by atoms with van der Waals surface area (Å²) >= 11 is 0. The van der Waals surface area contributed by atoms with Crippen molar-refractivity contribution >= 4 is 26.0 Å². The lowest BCUT2D eigenvalue weighted by Crippen LogP contribution is -2.40. The number of nitrogens with zero attached hydrogens (tertiary/aromatic N) is 1. The number of aryl methyl sites for hydroxylation is 1. The van der Waals surface area contributed by atoms with Crippen LogP contribution in [0, 0.1) is 12.7 Å². The molecule has 0 aromatic heterocycles. The number of carbonyl (C=O) groups is 1. The molecule has 0 fully saturated rings. The van der Waals surface area contributed by atoms with Crippen molar-refractivity contribution in [3.8, 4) is 0 Å². The minimum absolute atomic E-state index is 0.0339. The molecule has 0 saturated heterocycles. The topological polar surface area (TPSA) is 127 Å². The Morgan fingerprint density at radius 3 is 1.94 bits per heavy atom. The van der Waals surface area contributed by atoms with E-state index in [0.29, 0.717) is 11.1 Å². The molecule has 3 aromatic carbocycles. The van der Waals surface area contributed by atoms with Crippen molar-refractivity contribution < 1.29 is 26.0 Å². The van der Waals surface area contributed by atoms with Crippen molar-refractivity contribution in [2.24, 2.45) is 5.14 Å². The number of hydrogen-bond donors (Lipinski definition) is 2. The van der Waals surface area contributed by atoms with Gasteiger partial charge in [0.25, 0.3) is 0 Å². The number of nitrogens with two attached hydrogens (primary N) is 1. The third-order valence-electron chi connectivity index (χ3n) is 4.99. The minimum Gasteiger partial charge on any atom is -0.351 e. The van der Waals surface area contributed by atoms with E-state index in [1.807, 2.05) is 6.92 Å². The number of sulfonamides is 2. The highest BCUT2D eigenvalue weighted by Gasteiger charge is 2.27. The zero-order valence-electron chi connectivity index (χ0n) is 18.3. The van der Waals surface area contributed by atoms with Crippen molar-refractivity contribution in [2.45, 2.75) is 29.8 Å². The van der Waals surface area contributed by atoms with Gasteiger partial charge in [-0.1, -0.05) is 42.0 Å². The number of benzene rings is 3. The molecule has 0 heterocycles. The Morgan fingerprint density at radius 2 is 1.38 bits per heavy atom. The van der Waals surface area contributed by atoms with E-state index in [1.165, 1.54) is 60.7 Å². The van der Waals surface area contributed by atoms with Crippen LogP contribution in [0.25, 0.3) is 0 Å². The number of carbonyl (C=O) groups excluding carboxylic acids is 1. The zero-order chi connectivity index (χ0) is 24.9. The van der Waals surface area contributed by atoms with Gasteiger partial charge >= 0.3 is 0 Å². The number of rotatable bonds is 9. The molecule has 3 rings (SSSR count). The second-order valence-corrected chi connectivity index (χ2v) is 11.2. The van der Waals surface area contributed by atoms with Crippen molar-refractivity contribution in [2.75, 3.05) is 6.54 Å². The molecule has 8 nitrogen and oxygen atoms in total. The first-order chi connectivity index (χ1) is 15.9. The van der Waals surface area contributed by atoms with Crippen LogP contribution in [0.1, 0.15) is 16.7 Å². The van der Waals surface area contributed by atoms with Gasteiger partial charge in [0, 0.05) is 13.1 Å². The van der Waals surface area contributed by atoms with Crippen LogP contribution in [0.4, 0.5) is 4.39 Å². The van der Waals surface area contributed by atoms with Gasteiger partial charge in [-0.05, 0) is 54.4 Å². The van der Waals surface area contributed by atoms with Crippen molar-refractivity contribution in [1.29, 1.82) is 0 Å². The second kappa shape index (κ2) is 10.4. The summed E-state index contributed by atoms with van der Waals surface area (Å²) in [6, 6.07) is 17.2. The molecule has 180 valence electrons. The molecule has 11 heteroatoms. The van der Waals surface area contributed by atoms with Crippen LogP contribution in [0.2, 0.25) is 0 Å². The number of hydrogen-bond acceptors (Lipinski definition) is 5. The summed E-state index contributed by atoms with van der Waals surface area (Å²) in [4.78, 5) is 12.6. The predicted molar refractivity (Wildman–Crippen MR) is 125 cm³/mol. The first-order valence-electron chi connectivity index (χ1n) is 10.1. The Balaban J connectivity index is 1.76. The highest BCUT2D eigenvalue weighted by atomic mass is 32.2.